The van der Waals surface area contributed by atoms with Gasteiger partial charge < -0.3 is 14.6 Å². The number of carbonyl (C=O) groups is 2. The molecule has 7 nitrogen and oxygen atoms in total. The fraction of sp³-hybridized carbons (Fsp3) is 0.280. The number of rotatable bonds is 9. The SMILES string of the molecule is C=CCNC(=O)C(C)OC(=O)CCc1nc2cc(C(F)(F)F)ccc2n(Cc2ccccc2)c1=O. The first-order valence-corrected chi connectivity index (χ1v) is 10.8. The molecule has 0 saturated heterocycles. The Balaban J connectivity index is 1.90. The number of halogens is 3. The minimum Gasteiger partial charge on any atom is -0.453 e. The second kappa shape index (κ2) is 11.0. The van der Waals surface area contributed by atoms with Crippen molar-refractivity contribution in [2.75, 3.05) is 6.54 Å². The standard InChI is InChI=1S/C25H24F3N3O4/c1-3-13-29-23(33)16(2)35-22(32)12-10-19-24(34)31(15-17-7-5-4-6-8-17)21-11-9-18(25(26,27)28)14-20(21)30-19/h3-9,11,14,16H,1,10,12-13,15H2,2H3,(H,29,33). The Kier molecular flexibility index (Phi) is 8.06. The molecule has 10 heteroatoms. The van der Waals surface area contributed by atoms with E-state index in [-0.39, 0.29) is 42.7 Å². The van der Waals surface area contributed by atoms with Gasteiger partial charge in [-0.15, -0.1) is 6.58 Å². The maximum Gasteiger partial charge on any atom is 0.416 e. The number of ether oxygens (including phenoxy) is 1. The molecule has 184 valence electrons. The Hall–Kier alpha value is -3.95. The Labute approximate surface area is 199 Å². The first kappa shape index (κ1) is 25.7. The summed E-state index contributed by atoms with van der Waals surface area (Å²) in [4.78, 5) is 41.4. The van der Waals surface area contributed by atoms with Gasteiger partial charge in [-0.3, -0.25) is 14.4 Å². The molecule has 0 aliphatic rings. The number of fused-ring (bicyclic) bond motifs is 1. The fourth-order valence-electron chi connectivity index (χ4n) is 3.41. The molecular formula is C25H24F3N3O4. The molecule has 0 radical (unpaired) electrons. The van der Waals surface area contributed by atoms with Crippen LogP contribution in [0, 0.1) is 0 Å². The number of carbonyl (C=O) groups excluding carboxylic acids is 2. The number of amides is 1. The van der Waals surface area contributed by atoms with E-state index >= 15 is 0 Å². The van der Waals surface area contributed by atoms with Crippen molar-refractivity contribution in [3.05, 3.63) is 88.4 Å². The molecule has 1 heterocycles. The van der Waals surface area contributed by atoms with Gasteiger partial charge in [0.15, 0.2) is 6.10 Å². The van der Waals surface area contributed by atoms with Crippen molar-refractivity contribution in [3.8, 4) is 0 Å². The van der Waals surface area contributed by atoms with E-state index < -0.39 is 35.3 Å². The minimum absolute atomic E-state index is 0.0177. The summed E-state index contributed by atoms with van der Waals surface area (Å²) in [6.07, 6.45) is -4.61. The number of nitrogens with zero attached hydrogens (tertiary/aromatic N) is 2. The summed E-state index contributed by atoms with van der Waals surface area (Å²) in [5.74, 6) is -1.25. The van der Waals surface area contributed by atoms with Crippen molar-refractivity contribution in [3.63, 3.8) is 0 Å². The maximum atomic E-state index is 13.3. The molecule has 1 unspecified atom stereocenters. The van der Waals surface area contributed by atoms with Crippen LogP contribution in [0.5, 0.6) is 0 Å². The van der Waals surface area contributed by atoms with Crippen LogP contribution in [0.4, 0.5) is 13.2 Å². The van der Waals surface area contributed by atoms with Crippen LogP contribution in [0.15, 0.2) is 66.0 Å². The summed E-state index contributed by atoms with van der Waals surface area (Å²) in [6, 6.07) is 12.0. The third-order valence-corrected chi connectivity index (χ3v) is 5.19. The highest BCUT2D eigenvalue weighted by atomic mass is 19.4. The molecule has 0 saturated carbocycles. The molecule has 1 amide bonds. The van der Waals surface area contributed by atoms with Crippen LogP contribution in [0.3, 0.4) is 0 Å². The number of benzene rings is 2. The van der Waals surface area contributed by atoms with E-state index in [0.29, 0.717) is 0 Å². The van der Waals surface area contributed by atoms with Gasteiger partial charge in [0.05, 0.1) is 29.6 Å². The molecule has 0 bridgehead atoms. The van der Waals surface area contributed by atoms with Gasteiger partial charge in [0, 0.05) is 13.0 Å². The molecule has 0 aliphatic heterocycles. The number of hydrogen-bond acceptors (Lipinski definition) is 5. The zero-order chi connectivity index (χ0) is 25.6. The lowest BCUT2D eigenvalue weighted by Crippen LogP contribution is -2.36. The fourth-order valence-corrected chi connectivity index (χ4v) is 3.41. The molecule has 1 aromatic heterocycles. The summed E-state index contributed by atoms with van der Waals surface area (Å²) >= 11 is 0. The number of aryl methyl sites for hydroxylation is 1. The summed E-state index contributed by atoms with van der Waals surface area (Å²) in [5.41, 5.74) is -0.500. The van der Waals surface area contributed by atoms with Crippen molar-refractivity contribution in [1.82, 2.24) is 14.9 Å². The summed E-state index contributed by atoms with van der Waals surface area (Å²) in [7, 11) is 0. The minimum atomic E-state index is -4.58. The largest absolute Gasteiger partial charge is 0.453 e. The molecule has 0 spiro atoms. The van der Waals surface area contributed by atoms with E-state index in [4.69, 9.17) is 4.74 Å². The van der Waals surface area contributed by atoms with Crippen molar-refractivity contribution >= 4 is 22.9 Å². The van der Waals surface area contributed by atoms with Crippen LogP contribution in [-0.4, -0.2) is 34.1 Å². The van der Waals surface area contributed by atoms with Crippen LogP contribution < -0.4 is 10.9 Å². The molecule has 1 N–H and O–H groups in total. The van der Waals surface area contributed by atoms with Crippen LogP contribution in [0.25, 0.3) is 11.0 Å². The van der Waals surface area contributed by atoms with Crippen LogP contribution in [0.2, 0.25) is 0 Å². The van der Waals surface area contributed by atoms with Crippen LogP contribution in [-0.2, 0) is 33.5 Å². The van der Waals surface area contributed by atoms with Gasteiger partial charge in [-0.1, -0.05) is 36.4 Å². The second-order valence-electron chi connectivity index (χ2n) is 7.80. The molecule has 3 aromatic rings. The average molecular weight is 487 g/mol. The molecule has 3 rings (SSSR count). The molecule has 0 aliphatic carbocycles. The van der Waals surface area contributed by atoms with Gasteiger partial charge in [-0.05, 0) is 30.7 Å². The monoisotopic (exact) mass is 487 g/mol. The predicted octanol–water partition coefficient (Wildman–Crippen LogP) is 3.63. The number of hydrogen-bond donors (Lipinski definition) is 1. The first-order chi connectivity index (χ1) is 16.6. The number of alkyl halides is 3. The highest BCUT2D eigenvalue weighted by Crippen LogP contribution is 2.31. The lowest BCUT2D eigenvalue weighted by molar-refractivity contribution is -0.154. The lowest BCUT2D eigenvalue weighted by atomic mass is 10.1. The second-order valence-corrected chi connectivity index (χ2v) is 7.80. The van der Waals surface area contributed by atoms with E-state index in [2.05, 4.69) is 16.9 Å². The van der Waals surface area contributed by atoms with Crippen molar-refractivity contribution in [2.24, 2.45) is 0 Å². The van der Waals surface area contributed by atoms with Gasteiger partial charge in [0.25, 0.3) is 11.5 Å². The van der Waals surface area contributed by atoms with Gasteiger partial charge >= 0.3 is 12.1 Å². The zero-order valence-corrected chi connectivity index (χ0v) is 19.0. The molecule has 0 fully saturated rings. The number of aromatic nitrogens is 2. The Morgan fingerprint density at radius 1 is 1.20 bits per heavy atom. The summed E-state index contributed by atoms with van der Waals surface area (Å²) < 4.78 is 46.2. The first-order valence-electron chi connectivity index (χ1n) is 10.8. The number of esters is 1. The number of nitrogens with one attached hydrogen (secondary N) is 1. The highest BCUT2D eigenvalue weighted by Gasteiger charge is 2.31. The van der Waals surface area contributed by atoms with Crippen LogP contribution >= 0.6 is 0 Å². The third kappa shape index (κ3) is 6.56. The van der Waals surface area contributed by atoms with Crippen molar-refractivity contribution < 1.29 is 27.5 Å². The third-order valence-electron chi connectivity index (χ3n) is 5.19. The highest BCUT2D eigenvalue weighted by molar-refractivity contribution is 5.83. The predicted molar refractivity (Wildman–Crippen MR) is 124 cm³/mol. The Bertz CT molecular complexity index is 1290. The van der Waals surface area contributed by atoms with E-state index in [9.17, 15) is 27.6 Å². The molecular weight excluding hydrogens is 463 g/mol. The smallest absolute Gasteiger partial charge is 0.416 e. The van der Waals surface area contributed by atoms with Crippen molar-refractivity contribution in [1.29, 1.82) is 0 Å². The summed E-state index contributed by atoms with van der Waals surface area (Å²) in [5, 5.41) is 2.50. The Morgan fingerprint density at radius 3 is 2.57 bits per heavy atom. The quantitative estimate of drug-likeness (QED) is 0.368. The maximum absolute atomic E-state index is 13.3. The van der Waals surface area contributed by atoms with Gasteiger partial charge in [0.2, 0.25) is 0 Å². The zero-order valence-electron chi connectivity index (χ0n) is 19.0. The van der Waals surface area contributed by atoms with E-state index in [0.717, 1.165) is 17.7 Å². The lowest BCUT2D eigenvalue weighted by Gasteiger charge is -2.15. The molecule has 1 atom stereocenters. The Morgan fingerprint density at radius 2 is 1.91 bits per heavy atom. The van der Waals surface area contributed by atoms with E-state index in [1.54, 1.807) is 24.3 Å². The van der Waals surface area contributed by atoms with Gasteiger partial charge in [-0.2, -0.15) is 13.2 Å². The molecule has 2 aromatic carbocycles. The molecule has 35 heavy (non-hydrogen) atoms. The average Bonchev–Trinajstić information content (AvgIpc) is 2.82. The van der Waals surface area contributed by atoms with Crippen molar-refractivity contribution in [2.45, 2.75) is 38.6 Å². The van der Waals surface area contributed by atoms with Crippen LogP contribution in [0.1, 0.15) is 30.2 Å². The normalized spacial score (nSPS) is 12.2. The summed E-state index contributed by atoms with van der Waals surface area (Å²) in [6.45, 7) is 5.20. The van der Waals surface area contributed by atoms with Gasteiger partial charge in [-0.25, -0.2) is 4.98 Å². The van der Waals surface area contributed by atoms with E-state index in [1.807, 2.05) is 6.07 Å². The topological polar surface area (TPSA) is 90.3 Å². The van der Waals surface area contributed by atoms with E-state index in [1.165, 1.54) is 23.6 Å². The van der Waals surface area contributed by atoms with Gasteiger partial charge in [0.1, 0.15) is 5.69 Å².